The molecule has 0 saturated heterocycles. The van der Waals surface area contributed by atoms with Crippen molar-refractivity contribution < 1.29 is 5.11 Å². The van der Waals surface area contributed by atoms with Gasteiger partial charge in [-0.05, 0) is 12.0 Å². The maximum absolute atomic E-state index is 9.00. The molecule has 0 heterocycles. The van der Waals surface area contributed by atoms with Crippen molar-refractivity contribution in [3.05, 3.63) is 0 Å². The normalized spacial score (nSPS) is 37.5. The second-order valence-corrected chi connectivity index (χ2v) is 9.25. The molecule has 0 aliphatic heterocycles. The van der Waals surface area contributed by atoms with Crippen LogP contribution in [0, 0.1) is 0 Å². The molecule has 0 aromatic heterocycles. The molecule has 0 aromatic rings. The average molecular weight is 130 g/mol. The Hall–Kier alpha value is 0.177. The predicted molar refractivity (Wildman–Crippen MR) is 37.7 cm³/mol. The number of hydrogen-bond donors (Lipinski definition) is 1. The first kappa shape index (κ1) is 6.30. The molecule has 1 saturated carbocycles. The van der Waals surface area contributed by atoms with Crippen LogP contribution in [0.15, 0.2) is 0 Å². The zero-order valence-electron chi connectivity index (χ0n) is 5.81. The highest BCUT2D eigenvalue weighted by Gasteiger charge is 2.44. The molecule has 1 rings (SSSR count). The molecule has 0 spiro atoms. The van der Waals surface area contributed by atoms with E-state index in [1.165, 1.54) is 0 Å². The Morgan fingerprint density at radius 2 is 1.75 bits per heavy atom. The Labute approximate surface area is 51.7 Å². The van der Waals surface area contributed by atoms with E-state index >= 15 is 0 Å². The third-order valence-electron chi connectivity index (χ3n) is 1.87. The minimum atomic E-state index is -0.937. The van der Waals surface area contributed by atoms with Crippen molar-refractivity contribution in [2.45, 2.75) is 37.7 Å². The van der Waals surface area contributed by atoms with E-state index in [2.05, 4.69) is 19.6 Å². The van der Waals surface area contributed by atoms with Crippen molar-refractivity contribution in [1.29, 1.82) is 0 Å². The summed E-state index contributed by atoms with van der Waals surface area (Å²) in [5.74, 6) is 0. The average Bonchev–Trinajstić information content (AvgIpc) is 2.13. The fourth-order valence-corrected chi connectivity index (χ4v) is 3.22. The number of aliphatic hydroxyl groups is 1. The highest BCUT2D eigenvalue weighted by Crippen LogP contribution is 2.45. The van der Waals surface area contributed by atoms with Gasteiger partial charge in [0.25, 0.3) is 0 Å². The van der Waals surface area contributed by atoms with Gasteiger partial charge in [0.05, 0.1) is 14.2 Å². The van der Waals surface area contributed by atoms with Crippen LogP contribution in [0.2, 0.25) is 25.2 Å². The Kier molecular flexibility index (Phi) is 1.24. The topological polar surface area (TPSA) is 20.2 Å². The first-order valence-electron chi connectivity index (χ1n) is 3.20. The first-order valence-corrected chi connectivity index (χ1v) is 6.77. The van der Waals surface area contributed by atoms with Crippen LogP contribution in [-0.2, 0) is 0 Å². The van der Waals surface area contributed by atoms with Gasteiger partial charge in [0.1, 0.15) is 0 Å². The SMILES string of the molecule is C[Si](C)(C)C1CC1O. The predicted octanol–water partition coefficient (Wildman–Crippen LogP) is 1.46. The van der Waals surface area contributed by atoms with Gasteiger partial charge in [0.2, 0.25) is 0 Å². The molecule has 0 bridgehead atoms. The van der Waals surface area contributed by atoms with Crippen LogP contribution in [0.25, 0.3) is 0 Å². The van der Waals surface area contributed by atoms with E-state index < -0.39 is 8.07 Å². The van der Waals surface area contributed by atoms with Gasteiger partial charge in [-0.25, -0.2) is 0 Å². The van der Waals surface area contributed by atoms with Gasteiger partial charge in [-0.1, -0.05) is 19.6 Å². The molecule has 2 atom stereocenters. The summed E-state index contributed by atoms with van der Waals surface area (Å²) in [6, 6.07) is 0. The van der Waals surface area contributed by atoms with E-state index in [0.717, 1.165) is 6.42 Å². The molecule has 1 fully saturated rings. The molecular weight excluding hydrogens is 116 g/mol. The quantitative estimate of drug-likeness (QED) is 0.533. The van der Waals surface area contributed by atoms with E-state index in [9.17, 15) is 0 Å². The molecule has 2 heteroatoms. The van der Waals surface area contributed by atoms with Crippen LogP contribution < -0.4 is 0 Å². The lowest BCUT2D eigenvalue weighted by Gasteiger charge is -2.13. The summed E-state index contributed by atoms with van der Waals surface area (Å²) in [5.41, 5.74) is 0.711. The largest absolute Gasteiger partial charge is 0.393 e. The fraction of sp³-hybridized carbons (Fsp3) is 1.00. The maximum atomic E-state index is 9.00. The molecule has 8 heavy (non-hydrogen) atoms. The summed E-state index contributed by atoms with van der Waals surface area (Å²) in [6.07, 6.45) is 1.15. The Bertz CT molecular complexity index is 95.2. The van der Waals surface area contributed by atoms with Crippen molar-refractivity contribution >= 4 is 8.07 Å². The molecule has 0 aromatic carbocycles. The van der Waals surface area contributed by atoms with E-state index in [1.807, 2.05) is 0 Å². The Morgan fingerprint density at radius 3 is 1.75 bits per heavy atom. The zero-order valence-corrected chi connectivity index (χ0v) is 6.81. The molecule has 1 nitrogen and oxygen atoms in total. The lowest BCUT2D eigenvalue weighted by Crippen LogP contribution is -2.21. The van der Waals surface area contributed by atoms with Crippen molar-refractivity contribution in [3.63, 3.8) is 0 Å². The van der Waals surface area contributed by atoms with Crippen molar-refractivity contribution in [2.75, 3.05) is 0 Å². The van der Waals surface area contributed by atoms with Gasteiger partial charge < -0.3 is 5.11 Å². The highest BCUT2D eigenvalue weighted by atomic mass is 28.3. The van der Waals surface area contributed by atoms with Gasteiger partial charge in [-0.2, -0.15) is 0 Å². The summed E-state index contributed by atoms with van der Waals surface area (Å²) >= 11 is 0. The maximum Gasteiger partial charge on any atom is 0.0546 e. The summed E-state index contributed by atoms with van der Waals surface area (Å²) < 4.78 is 0. The Morgan fingerprint density at radius 1 is 1.38 bits per heavy atom. The number of rotatable bonds is 1. The minimum absolute atomic E-state index is 0.0710. The molecule has 0 amide bonds. The van der Waals surface area contributed by atoms with Crippen LogP contribution in [0.1, 0.15) is 6.42 Å². The summed E-state index contributed by atoms with van der Waals surface area (Å²) in [7, 11) is -0.937. The van der Waals surface area contributed by atoms with E-state index in [4.69, 9.17) is 5.11 Å². The molecular formula is C6H14OSi. The molecule has 1 aliphatic carbocycles. The molecule has 1 N–H and O–H groups in total. The number of hydrogen-bond acceptors (Lipinski definition) is 1. The van der Waals surface area contributed by atoms with Gasteiger partial charge in [-0.3, -0.25) is 0 Å². The van der Waals surface area contributed by atoms with Crippen molar-refractivity contribution in [3.8, 4) is 0 Å². The highest BCUT2D eigenvalue weighted by molar-refractivity contribution is 6.78. The lowest BCUT2D eigenvalue weighted by atomic mass is 10.9. The number of aliphatic hydroxyl groups excluding tert-OH is 1. The second kappa shape index (κ2) is 1.58. The van der Waals surface area contributed by atoms with Crippen LogP contribution in [0.4, 0.5) is 0 Å². The van der Waals surface area contributed by atoms with Crippen molar-refractivity contribution in [2.24, 2.45) is 0 Å². The minimum Gasteiger partial charge on any atom is -0.393 e. The molecule has 1 aliphatic rings. The monoisotopic (exact) mass is 130 g/mol. The third kappa shape index (κ3) is 1.12. The molecule has 2 unspecified atom stereocenters. The lowest BCUT2D eigenvalue weighted by molar-refractivity contribution is 0.278. The first-order chi connectivity index (χ1) is 3.52. The van der Waals surface area contributed by atoms with Crippen LogP contribution in [0.3, 0.4) is 0 Å². The van der Waals surface area contributed by atoms with Crippen LogP contribution in [-0.4, -0.2) is 19.3 Å². The van der Waals surface area contributed by atoms with Crippen LogP contribution >= 0.6 is 0 Å². The van der Waals surface area contributed by atoms with Gasteiger partial charge in [0, 0.05) is 0 Å². The third-order valence-corrected chi connectivity index (χ3v) is 4.71. The van der Waals surface area contributed by atoms with E-state index in [0.29, 0.717) is 5.54 Å². The van der Waals surface area contributed by atoms with Gasteiger partial charge >= 0.3 is 0 Å². The van der Waals surface area contributed by atoms with E-state index in [1.54, 1.807) is 0 Å². The molecule has 48 valence electrons. The summed E-state index contributed by atoms with van der Waals surface area (Å²) in [6.45, 7) is 6.94. The molecule has 0 radical (unpaired) electrons. The standard InChI is InChI=1S/C6H14OSi/c1-8(2,3)6-4-5(6)7/h5-7H,4H2,1-3H3. The van der Waals surface area contributed by atoms with Gasteiger partial charge in [-0.15, -0.1) is 0 Å². The Balaban J connectivity index is 2.39. The summed E-state index contributed by atoms with van der Waals surface area (Å²) in [5, 5.41) is 9.00. The smallest absolute Gasteiger partial charge is 0.0546 e. The van der Waals surface area contributed by atoms with E-state index in [-0.39, 0.29) is 6.10 Å². The second-order valence-electron chi connectivity index (χ2n) is 3.78. The van der Waals surface area contributed by atoms with Crippen molar-refractivity contribution in [1.82, 2.24) is 0 Å². The van der Waals surface area contributed by atoms with Crippen LogP contribution in [0.5, 0.6) is 0 Å². The fourth-order valence-electron chi connectivity index (χ4n) is 1.11. The summed E-state index contributed by atoms with van der Waals surface area (Å²) in [4.78, 5) is 0. The zero-order chi connectivity index (χ0) is 6.36. The van der Waals surface area contributed by atoms with Gasteiger partial charge in [0.15, 0.2) is 0 Å².